The smallest absolute Gasteiger partial charge is 0.258 e. The van der Waals surface area contributed by atoms with Crippen LogP contribution in [0.1, 0.15) is 33.2 Å². The molecular weight excluding hydrogens is 354 g/mol. The number of carbonyl (C=O) groups is 2. The van der Waals surface area contributed by atoms with E-state index in [1.807, 2.05) is 24.1 Å². The van der Waals surface area contributed by atoms with E-state index in [9.17, 15) is 9.59 Å². The van der Waals surface area contributed by atoms with Gasteiger partial charge in [0.1, 0.15) is 0 Å². The quantitative estimate of drug-likeness (QED) is 0.639. The van der Waals surface area contributed by atoms with Gasteiger partial charge in [0.15, 0.2) is 5.78 Å². The first-order valence-electron chi connectivity index (χ1n) is 8.87. The summed E-state index contributed by atoms with van der Waals surface area (Å²) in [7, 11) is 1.91. The van der Waals surface area contributed by atoms with E-state index in [2.05, 4.69) is 20.3 Å². The summed E-state index contributed by atoms with van der Waals surface area (Å²) >= 11 is 0. The Morgan fingerprint density at radius 1 is 0.964 bits per heavy atom. The lowest BCUT2D eigenvalue weighted by Crippen LogP contribution is -2.23. The number of nitrogens with zero attached hydrogens (tertiary/aromatic N) is 4. The van der Waals surface area contributed by atoms with E-state index in [1.54, 1.807) is 36.7 Å². The molecule has 1 amide bonds. The summed E-state index contributed by atoms with van der Waals surface area (Å²) in [4.78, 5) is 38.2. The van der Waals surface area contributed by atoms with E-state index in [0.29, 0.717) is 22.8 Å². The molecule has 28 heavy (non-hydrogen) atoms. The van der Waals surface area contributed by atoms with Gasteiger partial charge in [0.25, 0.3) is 5.91 Å². The van der Waals surface area contributed by atoms with Crippen molar-refractivity contribution in [3.63, 3.8) is 0 Å². The van der Waals surface area contributed by atoms with Gasteiger partial charge in [-0.05, 0) is 55.3 Å². The second-order valence-electron chi connectivity index (χ2n) is 6.39. The number of aromatic nitrogens is 3. The van der Waals surface area contributed by atoms with E-state index in [1.165, 1.54) is 24.9 Å². The van der Waals surface area contributed by atoms with Crippen molar-refractivity contribution in [1.82, 2.24) is 15.0 Å². The fourth-order valence-corrected chi connectivity index (χ4v) is 2.57. The average molecular weight is 375 g/mol. The monoisotopic (exact) mass is 375 g/mol. The molecule has 0 atom stereocenters. The first kappa shape index (κ1) is 19.2. The van der Waals surface area contributed by atoms with Crippen LogP contribution in [-0.2, 0) is 6.42 Å². The zero-order chi connectivity index (χ0) is 19.9. The van der Waals surface area contributed by atoms with Gasteiger partial charge in [-0.25, -0.2) is 9.97 Å². The highest BCUT2D eigenvalue weighted by Gasteiger charge is 2.10. The Morgan fingerprint density at radius 3 is 2.21 bits per heavy atom. The SMILES string of the molecule is CC(=O)c1ccc(NC(=O)c2cnc(N(C)CCc3ccncc3)nc2)cc1. The van der Waals surface area contributed by atoms with Crippen molar-refractivity contribution in [2.45, 2.75) is 13.3 Å². The van der Waals surface area contributed by atoms with E-state index in [-0.39, 0.29) is 11.7 Å². The number of hydrogen-bond acceptors (Lipinski definition) is 6. The highest BCUT2D eigenvalue weighted by Crippen LogP contribution is 2.12. The number of pyridine rings is 1. The van der Waals surface area contributed by atoms with E-state index < -0.39 is 0 Å². The van der Waals surface area contributed by atoms with Crippen molar-refractivity contribution in [2.75, 3.05) is 23.8 Å². The van der Waals surface area contributed by atoms with Crippen molar-refractivity contribution in [1.29, 1.82) is 0 Å². The summed E-state index contributed by atoms with van der Waals surface area (Å²) in [6, 6.07) is 10.7. The third kappa shape index (κ3) is 4.97. The molecule has 1 N–H and O–H groups in total. The minimum Gasteiger partial charge on any atom is -0.344 e. The van der Waals surface area contributed by atoms with E-state index >= 15 is 0 Å². The van der Waals surface area contributed by atoms with Gasteiger partial charge in [0, 0.05) is 49.6 Å². The minimum absolute atomic E-state index is 0.0186. The Balaban J connectivity index is 1.58. The predicted molar refractivity (Wildman–Crippen MR) is 108 cm³/mol. The van der Waals surface area contributed by atoms with Gasteiger partial charge in [-0.15, -0.1) is 0 Å². The molecule has 2 heterocycles. The molecule has 3 rings (SSSR count). The molecule has 0 unspecified atom stereocenters. The predicted octanol–water partition coefficient (Wildman–Crippen LogP) is 3.01. The molecule has 0 bridgehead atoms. The molecule has 0 aliphatic heterocycles. The molecule has 0 saturated heterocycles. The number of hydrogen-bond donors (Lipinski definition) is 1. The van der Waals surface area contributed by atoms with Gasteiger partial charge >= 0.3 is 0 Å². The number of Topliss-reactive ketones (excluding diaryl/α,β-unsaturated/α-hetero) is 1. The number of rotatable bonds is 7. The third-order valence-corrected chi connectivity index (χ3v) is 4.28. The Hall–Kier alpha value is -3.61. The minimum atomic E-state index is -0.304. The van der Waals surface area contributed by atoms with Gasteiger partial charge in [-0.3, -0.25) is 14.6 Å². The van der Waals surface area contributed by atoms with E-state index in [0.717, 1.165) is 13.0 Å². The maximum atomic E-state index is 12.3. The van der Waals surface area contributed by atoms with Gasteiger partial charge < -0.3 is 10.2 Å². The first-order chi connectivity index (χ1) is 13.5. The van der Waals surface area contributed by atoms with Crippen LogP contribution in [-0.4, -0.2) is 40.2 Å². The summed E-state index contributed by atoms with van der Waals surface area (Å²) in [6.45, 7) is 2.25. The van der Waals surface area contributed by atoms with Crippen LogP contribution >= 0.6 is 0 Å². The first-order valence-corrected chi connectivity index (χ1v) is 8.87. The fourth-order valence-electron chi connectivity index (χ4n) is 2.57. The lowest BCUT2D eigenvalue weighted by Gasteiger charge is -2.16. The second kappa shape index (κ2) is 8.85. The molecule has 0 spiro atoms. The molecule has 0 saturated carbocycles. The molecule has 142 valence electrons. The molecule has 0 aliphatic rings. The Morgan fingerprint density at radius 2 is 1.61 bits per heavy atom. The largest absolute Gasteiger partial charge is 0.344 e. The molecule has 3 aromatic rings. The highest BCUT2D eigenvalue weighted by molar-refractivity contribution is 6.04. The summed E-state index contributed by atoms with van der Waals surface area (Å²) in [6.07, 6.45) is 7.40. The van der Waals surface area contributed by atoms with Crippen molar-refractivity contribution >= 4 is 23.3 Å². The van der Waals surface area contributed by atoms with Crippen LogP contribution < -0.4 is 10.2 Å². The van der Waals surface area contributed by atoms with Gasteiger partial charge in [-0.2, -0.15) is 0 Å². The van der Waals surface area contributed by atoms with Crippen molar-refractivity contribution in [3.8, 4) is 0 Å². The standard InChI is InChI=1S/C21H21N5O2/c1-15(27)17-3-5-19(6-4-17)25-20(28)18-13-23-21(24-14-18)26(2)12-9-16-7-10-22-11-8-16/h3-8,10-11,13-14H,9,12H2,1-2H3,(H,25,28). The van der Waals surface area contributed by atoms with Crippen LogP contribution in [0.5, 0.6) is 0 Å². The van der Waals surface area contributed by atoms with Crippen LogP contribution in [0.25, 0.3) is 0 Å². The molecule has 0 fully saturated rings. The molecule has 0 radical (unpaired) electrons. The molecule has 7 heteroatoms. The number of carbonyl (C=O) groups excluding carboxylic acids is 2. The summed E-state index contributed by atoms with van der Waals surface area (Å²) in [5.74, 6) is 0.230. The Kier molecular flexibility index (Phi) is 6.06. The lowest BCUT2D eigenvalue weighted by molar-refractivity contribution is 0.101. The van der Waals surface area contributed by atoms with Crippen LogP contribution in [0.15, 0.2) is 61.2 Å². The molecule has 0 aliphatic carbocycles. The lowest BCUT2D eigenvalue weighted by atomic mass is 10.1. The maximum Gasteiger partial charge on any atom is 0.258 e. The van der Waals surface area contributed by atoms with Crippen LogP contribution in [0.4, 0.5) is 11.6 Å². The Labute approximate surface area is 163 Å². The zero-order valence-electron chi connectivity index (χ0n) is 15.8. The summed E-state index contributed by atoms with van der Waals surface area (Å²) in [5.41, 5.74) is 2.75. The number of anilines is 2. The van der Waals surface area contributed by atoms with Crippen molar-refractivity contribution in [3.05, 3.63) is 77.9 Å². The number of amides is 1. The number of ketones is 1. The average Bonchev–Trinajstić information content (AvgIpc) is 2.73. The molecular formula is C21H21N5O2. The normalized spacial score (nSPS) is 10.4. The van der Waals surface area contributed by atoms with Crippen LogP contribution in [0, 0.1) is 0 Å². The zero-order valence-corrected chi connectivity index (χ0v) is 15.8. The maximum absolute atomic E-state index is 12.3. The van der Waals surface area contributed by atoms with Crippen LogP contribution in [0.3, 0.4) is 0 Å². The van der Waals surface area contributed by atoms with Gasteiger partial charge in [-0.1, -0.05) is 0 Å². The van der Waals surface area contributed by atoms with Gasteiger partial charge in [0.05, 0.1) is 5.56 Å². The van der Waals surface area contributed by atoms with Crippen LogP contribution in [0.2, 0.25) is 0 Å². The van der Waals surface area contributed by atoms with E-state index in [4.69, 9.17) is 0 Å². The second-order valence-corrected chi connectivity index (χ2v) is 6.39. The van der Waals surface area contributed by atoms with Crippen molar-refractivity contribution in [2.24, 2.45) is 0 Å². The Bertz CT molecular complexity index is 941. The van der Waals surface area contributed by atoms with Gasteiger partial charge in [0.2, 0.25) is 5.95 Å². The highest BCUT2D eigenvalue weighted by atomic mass is 16.1. The summed E-state index contributed by atoms with van der Waals surface area (Å²) in [5, 5.41) is 2.77. The molecule has 2 aromatic heterocycles. The third-order valence-electron chi connectivity index (χ3n) is 4.28. The topological polar surface area (TPSA) is 88.1 Å². The number of likely N-dealkylation sites (N-methyl/N-ethyl adjacent to an activating group) is 1. The number of benzene rings is 1. The number of nitrogens with one attached hydrogen (secondary N) is 1. The molecule has 7 nitrogen and oxygen atoms in total. The fraction of sp³-hybridized carbons (Fsp3) is 0.190. The molecule has 1 aromatic carbocycles. The van der Waals surface area contributed by atoms with Crippen molar-refractivity contribution < 1.29 is 9.59 Å². The summed E-state index contributed by atoms with van der Waals surface area (Å²) < 4.78 is 0.